The number of ketones is 1. The minimum absolute atomic E-state index is 0.0431. The second kappa shape index (κ2) is 7.75. The topological polar surface area (TPSA) is 69.9 Å². The Hall–Kier alpha value is -2.93. The van der Waals surface area contributed by atoms with Gasteiger partial charge >= 0.3 is 0 Å². The molecule has 0 fully saturated rings. The second-order valence-corrected chi connectivity index (χ2v) is 6.80. The van der Waals surface area contributed by atoms with Gasteiger partial charge in [0.1, 0.15) is 21.7 Å². The van der Waals surface area contributed by atoms with Gasteiger partial charge in [-0.1, -0.05) is 23.5 Å². The summed E-state index contributed by atoms with van der Waals surface area (Å²) in [5, 5.41) is 0. The highest BCUT2D eigenvalue weighted by molar-refractivity contribution is 7.16. The number of rotatable bonds is 5. The number of nitrogens with zero attached hydrogens (tertiary/aromatic N) is 2. The molecule has 0 atom stereocenters. The van der Waals surface area contributed by atoms with E-state index in [0.29, 0.717) is 34.0 Å². The molecule has 0 aliphatic rings. The third-order valence-corrected chi connectivity index (χ3v) is 5.34. The minimum Gasteiger partial charge on any atom is -0.495 e. The van der Waals surface area contributed by atoms with Crippen molar-refractivity contribution in [3.63, 3.8) is 0 Å². The van der Waals surface area contributed by atoms with Crippen molar-refractivity contribution in [3.8, 4) is 11.5 Å². The molecule has 1 aromatic heterocycles. The van der Waals surface area contributed by atoms with Crippen LogP contribution in [0.25, 0.3) is 10.2 Å². The first-order chi connectivity index (χ1) is 13.0. The number of Topliss-reactive ketones (excluding diaryl/α,β-unsaturated/α-hetero) is 1. The number of methoxy groups -OCH3 is 2. The van der Waals surface area contributed by atoms with E-state index in [1.165, 1.54) is 18.3 Å². The zero-order valence-corrected chi connectivity index (χ0v) is 16.4. The van der Waals surface area contributed by atoms with Crippen LogP contribution in [-0.4, -0.2) is 30.5 Å². The first-order valence-corrected chi connectivity index (χ1v) is 9.26. The van der Waals surface area contributed by atoms with E-state index in [4.69, 9.17) is 9.47 Å². The number of fused-ring (bicyclic) bond motifs is 1. The van der Waals surface area contributed by atoms with Crippen LogP contribution in [-0.2, 0) is 6.54 Å². The van der Waals surface area contributed by atoms with Crippen LogP contribution < -0.4 is 14.3 Å². The molecule has 3 aromatic rings. The molecule has 6 nitrogen and oxygen atoms in total. The van der Waals surface area contributed by atoms with Crippen LogP contribution in [0, 0.1) is 0 Å². The van der Waals surface area contributed by atoms with Crippen LogP contribution in [0.1, 0.15) is 34.6 Å². The first kappa shape index (κ1) is 18.8. The standard InChI is InChI=1S/C20H20N2O4S/c1-5-22-17-15(25-3)10-11-16(26-4)18(17)27-20(22)21-19(24)14-8-6-13(7-9-14)12(2)23/h6-11H,5H2,1-4H3. The van der Waals surface area contributed by atoms with Crippen molar-refractivity contribution in [3.05, 3.63) is 52.3 Å². The fraction of sp³-hybridized carbons (Fsp3) is 0.250. The number of hydrogen-bond acceptors (Lipinski definition) is 5. The molecule has 0 saturated heterocycles. The maximum atomic E-state index is 12.6. The summed E-state index contributed by atoms with van der Waals surface area (Å²) < 4.78 is 13.7. The summed E-state index contributed by atoms with van der Waals surface area (Å²) in [6, 6.07) is 10.2. The van der Waals surface area contributed by atoms with E-state index in [-0.39, 0.29) is 11.7 Å². The molecule has 0 aliphatic carbocycles. The summed E-state index contributed by atoms with van der Waals surface area (Å²) in [6.45, 7) is 4.10. The highest BCUT2D eigenvalue weighted by atomic mass is 32.1. The molecule has 0 radical (unpaired) electrons. The number of aryl methyl sites for hydroxylation is 1. The Balaban J connectivity index is 2.15. The lowest BCUT2D eigenvalue weighted by atomic mass is 10.1. The third kappa shape index (κ3) is 3.50. The van der Waals surface area contributed by atoms with E-state index in [2.05, 4.69) is 4.99 Å². The van der Waals surface area contributed by atoms with E-state index in [9.17, 15) is 9.59 Å². The van der Waals surface area contributed by atoms with Gasteiger partial charge in [-0.15, -0.1) is 0 Å². The van der Waals surface area contributed by atoms with Gasteiger partial charge in [-0.05, 0) is 38.1 Å². The lowest BCUT2D eigenvalue weighted by Gasteiger charge is -2.08. The van der Waals surface area contributed by atoms with Crippen molar-refractivity contribution >= 4 is 33.2 Å². The molecule has 0 spiro atoms. The van der Waals surface area contributed by atoms with Crippen LogP contribution in [0.5, 0.6) is 11.5 Å². The highest BCUT2D eigenvalue weighted by Gasteiger charge is 2.16. The third-order valence-electron chi connectivity index (χ3n) is 4.24. The van der Waals surface area contributed by atoms with Crippen molar-refractivity contribution < 1.29 is 19.1 Å². The molecular formula is C20H20N2O4S. The molecular weight excluding hydrogens is 364 g/mol. The van der Waals surface area contributed by atoms with E-state index in [0.717, 1.165) is 10.2 Å². The Kier molecular flexibility index (Phi) is 5.41. The van der Waals surface area contributed by atoms with Crippen molar-refractivity contribution in [2.24, 2.45) is 4.99 Å². The quantitative estimate of drug-likeness (QED) is 0.629. The molecule has 0 aliphatic heterocycles. The number of benzene rings is 2. The number of ether oxygens (including phenoxy) is 2. The van der Waals surface area contributed by atoms with Gasteiger partial charge in [0.2, 0.25) is 0 Å². The average Bonchev–Trinajstić information content (AvgIpc) is 3.05. The fourth-order valence-corrected chi connectivity index (χ4v) is 4.03. The number of hydrogen-bond donors (Lipinski definition) is 0. The molecule has 1 heterocycles. The normalized spacial score (nSPS) is 11.6. The molecule has 140 valence electrons. The maximum Gasteiger partial charge on any atom is 0.279 e. The van der Waals surface area contributed by atoms with Gasteiger partial charge in [0.15, 0.2) is 10.6 Å². The second-order valence-electron chi connectivity index (χ2n) is 5.83. The number of carbonyl (C=O) groups is 2. The molecule has 0 N–H and O–H groups in total. The molecule has 7 heteroatoms. The van der Waals surface area contributed by atoms with Gasteiger partial charge in [-0.2, -0.15) is 4.99 Å². The lowest BCUT2D eigenvalue weighted by Crippen LogP contribution is -2.16. The van der Waals surface area contributed by atoms with Gasteiger partial charge in [-0.25, -0.2) is 0 Å². The maximum absolute atomic E-state index is 12.6. The number of carbonyl (C=O) groups excluding carboxylic acids is 2. The van der Waals surface area contributed by atoms with Crippen molar-refractivity contribution in [2.45, 2.75) is 20.4 Å². The molecule has 0 unspecified atom stereocenters. The Labute approximate surface area is 160 Å². The number of amides is 1. The predicted molar refractivity (Wildman–Crippen MR) is 105 cm³/mol. The average molecular weight is 384 g/mol. The Morgan fingerprint density at radius 3 is 2.15 bits per heavy atom. The summed E-state index contributed by atoms with van der Waals surface area (Å²) in [6.07, 6.45) is 0. The lowest BCUT2D eigenvalue weighted by molar-refractivity contribution is 0.0991. The van der Waals surface area contributed by atoms with Crippen molar-refractivity contribution in [1.82, 2.24) is 4.57 Å². The summed E-state index contributed by atoms with van der Waals surface area (Å²) in [5.41, 5.74) is 1.84. The smallest absolute Gasteiger partial charge is 0.279 e. The van der Waals surface area contributed by atoms with Gasteiger partial charge in [0.25, 0.3) is 5.91 Å². The molecule has 0 bridgehead atoms. The van der Waals surface area contributed by atoms with Gasteiger partial charge < -0.3 is 14.0 Å². The Bertz CT molecular complexity index is 1080. The van der Waals surface area contributed by atoms with Crippen LogP contribution in [0.2, 0.25) is 0 Å². The summed E-state index contributed by atoms with van der Waals surface area (Å²) in [4.78, 5) is 28.9. The summed E-state index contributed by atoms with van der Waals surface area (Å²) >= 11 is 1.38. The molecule has 2 aromatic carbocycles. The number of aromatic nitrogens is 1. The van der Waals surface area contributed by atoms with E-state index < -0.39 is 0 Å². The SMILES string of the molecule is CCn1c(=NC(=O)c2ccc(C(C)=O)cc2)sc2c(OC)ccc(OC)c21. The van der Waals surface area contributed by atoms with E-state index >= 15 is 0 Å². The van der Waals surface area contributed by atoms with Crippen molar-refractivity contribution in [2.75, 3.05) is 14.2 Å². The van der Waals surface area contributed by atoms with Crippen LogP contribution in [0.15, 0.2) is 41.4 Å². The van der Waals surface area contributed by atoms with Crippen LogP contribution in [0.3, 0.4) is 0 Å². The molecule has 0 saturated carbocycles. The zero-order chi connectivity index (χ0) is 19.6. The van der Waals surface area contributed by atoms with Crippen LogP contribution in [0.4, 0.5) is 0 Å². The molecule has 1 amide bonds. The number of thiazole rings is 1. The van der Waals surface area contributed by atoms with E-state index in [1.54, 1.807) is 38.5 Å². The molecule has 27 heavy (non-hydrogen) atoms. The summed E-state index contributed by atoms with van der Waals surface area (Å²) in [5.74, 6) is 0.997. The van der Waals surface area contributed by atoms with Gasteiger partial charge in [0, 0.05) is 17.7 Å². The minimum atomic E-state index is -0.364. The van der Waals surface area contributed by atoms with Gasteiger partial charge in [-0.3, -0.25) is 9.59 Å². The first-order valence-electron chi connectivity index (χ1n) is 8.44. The van der Waals surface area contributed by atoms with Crippen molar-refractivity contribution in [1.29, 1.82) is 0 Å². The zero-order valence-electron chi connectivity index (χ0n) is 15.6. The predicted octanol–water partition coefficient (Wildman–Crippen LogP) is 3.68. The summed E-state index contributed by atoms with van der Waals surface area (Å²) in [7, 11) is 3.22. The monoisotopic (exact) mass is 384 g/mol. The molecule has 3 rings (SSSR count). The fourth-order valence-electron chi connectivity index (χ4n) is 2.83. The largest absolute Gasteiger partial charge is 0.495 e. The Morgan fingerprint density at radius 2 is 1.59 bits per heavy atom. The van der Waals surface area contributed by atoms with Gasteiger partial charge in [0.05, 0.1) is 14.2 Å². The van der Waals surface area contributed by atoms with E-state index in [1.807, 2.05) is 23.6 Å². The Morgan fingerprint density at radius 1 is 1.00 bits per heavy atom. The van der Waals surface area contributed by atoms with Crippen LogP contribution >= 0.6 is 11.3 Å². The highest BCUT2D eigenvalue weighted by Crippen LogP contribution is 2.35.